The number of nitrogens with zero attached hydrogens (tertiary/aromatic N) is 3. The van der Waals surface area contributed by atoms with Gasteiger partial charge < -0.3 is 40.4 Å². The molecular formula is C50H48N6O10. The second kappa shape index (κ2) is 20.1. The van der Waals surface area contributed by atoms with Crippen LogP contribution in [0, 0.1) is 17.8 Å². The van der Waals surface area contributed by atoms with Crippen LogP contribution in [0.2, 0.25) is 0 Å². The number of nitrogens with two attached hydrogens (primary N) is 1. The quantitative estimate of drug-likeness (QED) is 0.0700. The molecular weight excluding hydrogens is 845 g/mol. The highest BCUT2D eigenvalue weighted by atomic mass is 16.6. The van der Waals surface area contributed by atoms with Crippen molar-refractivity contribution >= 4 is 35.6 Å². The van der Waals surface area contributed by atoms with Gasteiger partial charge in [0.05, 0.1) is 43.4 Å². The van der Waals surface area contributed by atoms with Gasteiger partial charge in [-0.1, -0.05) is 90.7 Å². The first kappa shape index (κ1) is 45.0. The van der Waals surface area contributed by atoms with Crippen LogP contribution in [0.3, 0.4) is 0 Å². The van der Waals surface area contributed by atoms with Crippen LogP contribution in [-0.4, -0.2) is 97.6 Å². The summed E-state index contributed by atoms with van der Waals surface area (Å²) >= 11 is 0. The molecule has 4 aromatic carbocycles. The number of urea groups is 1. The first-order valence-corrected chi connectivity index (χ1v) is 21.4. The molecule has 8 rings (SSSR count). The Balaban J connectivity index is 1.42. The van der Waals surface area contributed by atoms with Crippen molar-refractivity contribution in [3.05, 3.63) is 161 Å². The summed E-state index contributed by atoms with van der Waals surface area (Å²) in [7, 11) is 1.44. The zero-order valence-corrected chi connectivity index (χ0v) is 36.0. The zero-order chi connectivity index (χ0) is 46.2. The van der Waals surface area contributed by atoms with Crippen LogP contribution in [0.4, 0.5) is 15.3 Å². The number of imide groups is 1. The second-order valence-electron chi connectivity index (χ2n) is 15.8. The van der Waals surface area contributed by atoms with Crippen molar-refractivity contribution in [1.82, 2.24) is 20.5 Å². The Kier molecular flexibility index (Phi) is 13.7. The number of hydrogen-bond donors (Lipinski definition) is 4. The maximum atomic E-state index is 16.3. The van der Waals surface area contributed by atoms with E-state index in [1.54, 1.807) is 54.7 Å². The van der Waals surface area contributed by atoms with Gasteiger partial charge in [-0.3, -0.25) is 24.3 Å². The van der Waals surface area contributed by atoms with Crippen molar-refractivity contribution in [2.45, 2.75) is 36.1 Å². The van der Waals surface area contributed by atoms with Gasteiger partial charge in [-0.25, -0.2) is 14.5 Å². The molecule has 0 bridgehead atoms. The molecule has 5 aromatic rings. The fraction of sp³-hybridized carbons (Fsp3) is 0.280. The number of primary amides is 1. The smallest absolute Gasteiger partial charge is 0.421 e. The monoisotopic (exact) mass is 892 g/mol. The van der Waals surface area contributed by atoms with Crippen molar-refractivity contribution in [3.8, 4) is 17.6 Å². The van der Waals surface area contributed by atoms with Crippen LogP contribution in [0.15, 0.2) is 128 Å². The number of amides is 5. The van der Waals surface area contributed by atoms with Crippen molar-refractivity contribution in [2.75, 3.05) is 51.5 Å². The predicted octanol–water partition coefficient (Wildman–Crippen LogP) is 4.28. The van der Waals surface area contributed by atoms with Crippen molar-refractivity contribution in [2.24, 2.45) is 11.7 Å². The lowest BCUT2D eigenvalue weighted by molar-refractivity contribution is -0.178. The molecule has 338 valence electrons. The average molecular weight is 893 g/mol. The molecule has 2 saturated heterocycles. The molecule has 0 radical (unpaired) electrons. The van der Waals surface area contributed by atoms with Gasteiger partial charge in [-0.15, -0.1) is 0 Å². The van der Waals surface area contributed by atoms with E-state index in [9.17, 15) is 14.7 Å². The maximum absolute atomic E-state index is 16.3. The SMILES string of the molecule is COCCOC(=O)N1C(=O)[C@@]2(c3cc(C#CCNC(N)=O)ccc31)[C@H](c1cccc(OCCO)c1)N1[C@H](c3ccccc3)[C@H](c3ccccc3)OC(=O)[C@H]1[C@@H]2C(=O)NCCc1ccccn1. The highest BCUT2D eigenvalue weighted by Crippen LogP contribution is 2.66. The molecule has 0 aliphatic carbocycles. The number of carbonyl (C=O) groups excluding carboxylic acids is 5. The summed E-state index contributed by atoms with van der Waals surface area (Å²) in [6.07, 6.45) is -0.00341. The lowest BCUT2D eigenvalue weighted by atomic mass is 9.65. The number of hydrogen-bond acceptors (Lipinski definition) is 12. The Morgan fingerprint density at radius 2 is 1.59 bits per heavy atom. The first-order valence-electron chi connectivity index (χ1n) is 21.4. The number of rotatable bonds is 14. The van der Waals surface area contributed by atoms with Crippen molar-refractivity contribution in [1.29, 1.82) is 0 Å². The third-order valence-corrected chi connectivity index (χ3v) is 12.0. The van der Waals surface area contributed by atoms with E-state index < -0.39 is 65.5 Å². The number of ether oxygens (including phenoxy) is 4. The fourth-order valence-corrected chi connectivity index (χ4v) is 9.43. The summed E-state index contributed by atoms with van der Waals surface area (Å²) in [4.78, 5) is 80.3. The van der Waals surface area contributed by atoms with E-state index in [-0.39, 0.29) is 50.8 Å². The summed E-state index contributed by atoms with van der Waals surface area (Å²) < 4.78 is 23.3. The molecule has 1 spiro atoms. The minimum atomic E-state index is -2.09. The van der Waals surface area contributed by atoms with E-state index in [4.69, 9.17) is 24.7 Å². The van der Waals surface area contributed by atoms with Crippen molar-refractivity contribution in [3.63, 3.8) is 0 Å². The lowest BCUT2D eigenvalue weighted by Gasteiger charge is -2.46. The lowest BCUT2D eigenvalue weighted by Crippen LogP contribution is -2.56. The van der Waals surface area contributed by atoms with E-state index in [0.29, 0.717) is 34.6 Å². The molecule has 3 aliphatic rings. The van der Waals surface area contributed by atoms with Gasteiger partial charge in [0, 0.05) is 37.5 Å². The Labute approximate surface area is 381 Å². The summed E-state index contributed by atoms with van der Waals surface area (Å²) in [5.41, 5.74) is 6.43. The number of pyridine rings is 1. The van der Waals surface area contributed by atoms with Gasteiger partial charge in [-0.05, 0) is 64.7 Å². The minimum Gasteiger partial charge on any atom is -0.491 e. The van der Waals surface area contributed by atoms with E-state index >= 15 is 14.4 Å². The normalized spacial score (nSPS) is 21.8. The van der Waals surface area contributed by atoms with Gasteiger partial charge in [-0.2, -0.15) is 0 Å². The van der Waals surface area contributed by atoms with E-state index in [2.05, 4.69) is 27.5 Å². The first-order chi connectivity index (χ1) is 32.2. The molecule has 0 saturated carbocycles. The number of aromatic nitrogens is 1. The van der Waals surface area contributed by atoms with Gasteiger partial charge in [0.1, 0.15) is 36.5 Å². The topological polar surface area (TPSA) is 212 Å². The fourth-order valence-electron chi connectivity index (χ4n) is 9.43. The number of aliphatic hydroxyl groups excluding tert-OH is 1. The number of benzene rings is 4. The molecule has 6 atom stereocenters. The largest absolute Gasteiger partial charge is 0.491 e. The molecule has 5 amide bonds. The second-order valence-corrected chi connectivity index (χ2v) is 15.8. The number of cyclic esters (lactones) is 1. The van der Waals surface area contributed by atoms with Crippen molar-refractivity contribution < 1.29 is 48.0 Å². The molecule has 16 nitrogen and oxygen atoms in total. The maximum Gasteiger partial charge on any atom is 0.421 e. The molecule has 1 aromatic heterocycles. The Bertz CT molecular complexity index is 2640. The zero-order valence-electron chi connectivity index (χ0n) is 36.0. The third-order valence-electron chi connectivity index (χ3n) is 12.0. The van der Waals surface area contributed by atoms with Gasteiger partial charge in [0.25, 0.3) is 0 Å². The minimum absolute atomic E-state index is 0.0333. The van der Waals surface area contributed by atoms with Crippen LogP contribution in [0.25, 0.3) is 0 Å². The molecule has 4 heterocycles. The highest BCUT2D eigenvalue weighted by molar-refractivity contribution is 6.23. The molecule has 16 heteroatoms. The van der Waals surface area contributed by atoms with Crippen LogP contribution in [0.5, 0.6) is 5.75 Å². The Morgan fingerprint density at radius 3 is 2.30 bits per heavy atom. The molecule has 2 fully saturated rings. The highest BCUT2D eigenvalue weighted by Gasteiger charge is 2.75. The van der Waals surface area contributed by atoms with Gasteiger partial charge in [0.15, 0.2) is 0 Å². The molecule has 66 heavy (non-hydrogen) atoms. The summed E-state index contributed by atoms with van der Waals surface area (Å²) in [6.45, 7) is -0.503. The number of nitrogens with one attached hydrogen (secondary N) is 2. The number of anilines is 1. The predicted molar refractivity (Wildman–Crippen MR) is 240 cm³/mol. The number of fused-ring (bicyclic) bond motifs is 3. The number of methoxy groups -OCH3 is 1. The number of esters is 1. The Morgan fingerprint density at radius 1 is 0.848 bits per heavy atom. The summed E-state index contributed by atoms with van der Waals surface area (Å²) in [6, 6.07) is 31.5. The van der Waals surface area contributed by atoms with E-state index in [0.717, 1.165) is 10.5 Å². The van der Waals surface area contributed by atoms with Gasteiger partial charge in [0.2, 0.25) is 11.8 Å². The number of aliphatic hydroxyl groups is 1. The Hall–Kier alpha value is -7.58. The van der Waals surface area contributed by atoms with Crippen LogP contribution < -0.4 is 26.0 Å². The third kappa shape index (κ3) is 8.66. The van der Waals surface area contributed by atoms with Crippen LogP contribution in [0.1, 0.15) is 51.7 Å². The van der Waals surface area contributed by atoms with E-state index in [1.165, 1.54) is 7.11 Å². The standard InChI is InChI=1S/C50H48N6O10/c1-63-28-29-65-49(62)55-39-21-20-32(12-11-24-54-48(51)61)30-38(39)50(47(55)60)40(45(58)53-25-22-36-18-8-9-23-52-36)42-46(59)66-43(34-15-6-3-7-16-34)41(33-13-4-2-5-14-33)56(42)44(50)35-17-10-19-37(31-35)64-27-26-57/h2-10,13-21,23,30-31,40-44,57H,22,24-29H2,1H3,(H,53,58)(H3,51,54,61)/t40-,41-,42-,43+,44+,50-/m1/s1. The van der Waals surface area contributed by atoms with Crippen LogP contribution in [-0.2, 0) is 40.4 Å². The van der Waals surface area contributed by atoms with Gasteiger partial charge >= 0.3 is 18.1 Å². The molecule has 3 aliphatic heterocycles. The molecule has 0 unspecified atom stereocenters. The average Bonchev–Trinajstić information content (AvgIpc) is 3.79. The summed E-state index contributed by atoms with van der Waals surface area (Å²) in [5.74, 6) is 2.41. The van der Waals surface area contributed by atoms with Crippen LogP contribution >= 0.6 is 0 Å². The van der Waals surface area contributed by atoms with E-state index in [1.807, 2.05) is 77.7 Å². The molecule has 5 N–H and O–H groups in total. The summed E-state index contributed by atoms with van der Waals surface area (Å²) in [5, 5.41) is 15.2. The number of morpholine rings is 1. The number of carbonyl (C=O) groups is 5.